The highest BCUT2D eigenvalue weighted by Gasteiger charge is 2.25. The number of methoxy groups -OCH3 is 1. The molecule has 1 aliphatic rings. The van der Waals surface area contributed by atoms with Crippen LogP contribution in [0.5, 0.6) is 0 Å². The Morgan fingerprint density at radius 2 is 2.26 bits per heavy atom. The van der Waals surface area contributed by atoms with Crippen molar-refractivity contribution in [2.45, 2.75) is 13.0 Å². The highest BCUT2D eigenvalue weighted by molar-refractivity contribution is 9.10. The highest BCUT2D eigenvalue weighted by atomic mass is 79.9. The fraction of sp³-hybridized carbons (Fsp3) is 0.250. The first kappa shape index (κ1) is 15.6. The summed E-state index contributed by atoms with van der Waals surface area (Å²) in [5, 5.41) is 12.6. The number of nitrogen functional groups attached to an aromatic ring is 1. The number of anilines is 1. The van der Waals surface area contributed by atoms with E-state index in [1.54, 1.807) is 10.8 Å². The van der Waals surface area contributed by atoms with E-state index in [4.69, 9.17) is 10.5 Å². The Labute approximate surface area is 142 Å². The van der Waals surface area contributed by atoms with Crippen LogP contribution in [-0.4, -0.2) is 24.2 Å². The SMILES string of the molecule is COC(=O)c1c(N)c(C#N)cn1-c1ccc(Br)c2c1CNCC2. The van der Waals surface area contributed by atoms with E-state index < -0.39 is 5.97 Å². The van der Waals surface area contributed by atoms with Crippen LogP contribution in [0.15, 0.2) is 22.8 Å². The van der Waals surface area contributed by atoms with Crippen LogP contribution in [0, 0.1) is 11.3 Å². The van der Waals surface area contributed by atoms with Crippen molar-refractivity contribution in [1.82, 2.24) is 9.88 Å². The second-order valence-corrected chi connectivity index (χ2v) is 6.08. The van der Waals surface area contributed by atoms with Gasteiger partial charge in [-0.05, 0) is 36.2 Å². The van der Waals surface area contributed by atoms with Gasteiger partial charge in [0.05, 0.1) is 24.0 Å². The number of fused-ring (bicyclic) bond motifs is 1. The summed E-state index contributed by atoms with van der Waals surface area (Å²) < 4.78 is 7.52. The van der Waals surface area contributed by atoms with Crippen molar-refractivity contribution in [3.05, 3.63) is 45.2 Å². The quantitative estimate of drug-likeness (QED) is 0.785. The number of benzene rings is 1. The number of esters is 1. The number of nitrogens with zero attached hydrogens (tertiary/aromatic N) is 2. The van der Waals surface area contributed by atoms with Crippen LogP contribution in [0.4, 0.5) is 5.69 Å². The standard InChI is InChI=1S/C16H15BrN4O2/c1-23-16(22)15-14(19)9(6-18)8-21(15)13-3-2-12(17)10-4-5-20-7-11(10)13/h2-3,8,20H,4-5,7,19H2,1H3. The Hall–Kier alpha value is -2.30. The minimum atomic E-state index is -0.565. The fourth-order valence-electron chi connectivity index (χ4n) is 2.88. The molecule has 2 heterocycles. The van der Waals surface area contributed by atoms with Gasteiger partial charge in [0.1, 0.15) is 6.07 Å². The van der Waals surface area contributed by atoms with Crippen LogP contribution in [0.3, 0.4) is 0 Å². The molecule has 0 amide bonds. The number of nitrogens with one attached hydrogen (secondary N) is 1. The lowest BCUT2D eigenvalue weighted by Crippen LogP contribution is -2.26. The molecular weight excluding hydrogens is 360 g/mol. The maximum Gasteiger partial charge on any atom is 0.357 e. The summed E-state index contributed by atoms with van der Waals surface area (Å²) in [6.45, 7) is 1.58. The largest absolute Gasteiger partial charge is 0.464 e. The summed E-state index contributed by atoms with van der Waals surface area (Å²) in [5.74, 6) is -0.565. The van der Waals surface area contributed by atoms with Gasteiger partial charge in [-0.1, -0.05) is 15.9 Å². The van der Waals surface area contributed by atoms with Gasteiger partial charge in [-0.2, -0.15) is 5.26 Å². The molecule has 0 fully saturated rings. The van der Waals surface area contributed by atoms with Crippen molar-refractivity contribution in [1.29, 1.82) is 5.26 Å². The molecule has 1 aromatic carbocycles. The first-order chi connectivity index (χ1) is 11.1. The zero-order valence-corrected chi connectivity index (χ0v) is 14.1. The number of nitriles is 1. The monoisotopic (exact) mass is 374 g/mol. The van der Waals surface area contributed by atoms with Gasteiger partial charge in [0, 0.05) is 17.2 Å². The number of ether oxygens (including phenoxy) is 1. The Kier molecular flexibility index (Phi) is 4.11. The van der Waals surface area contributed by atoms with Crippen LogP contribution in [0.2, 0.25) is 0 Å². The summed E-state index contributed by atoms with van der Waals surface area (Å²) in [4.78, 5) is 12.1. The molecule has 0 unspecified atom stereocenters. The van der Waals surface area contributed by atoms with E-state index in [-0.39, 0.29) is 16.9 Å². The molecule has 1 aliphatic heterocycles. The Bertz CT molecular complexity index is 836. The van der Waals surface area contributed by atoms with Gasteiger partial charge in [0.15, 0.2) is 5.69 Å². The molecule has 118 valence electrons. The van der Waals surface area contributed by atoms with Crippen molar-refractivity contribution >= 4 is 27.6 Å². The van der Waals surface area contributed by atoms with Crippen LogP contribution >= 0.6 is 15.9 Å². The Balaban J connectivity index is 2.28. The zero-order chi connectivity index (χ0) is 16.6. The van der Waals surface area contributed by atoms with Gasteiger partial charge in [0.25, 0.3) is 0 Å². The van der Waals surface area contributed by atoms with Gasteiger partial charge in [-0.3, -0.25) is 0 Å². The number of halogens is 1. The van der Waals surface area contributed by atoms with Crippen LogP contribution < -0.4 is 11.1 Å². The molecule has 6 nitrogen and oxygen atoms in total. The Morgan fingerprint density at radius 1 is 1.48 bits per heavy atom. The average molecular weight is 375 g/mol. The predicted molar refractivity (Wildman–Crippen MR) is 89.3 cm³/mol. The molecule has 0 aliphatic carbocycles. The van der Waals surface area contributed by atoms with Crippen molar-refractivity contribution in [3.8, 4) is 11.8 Å². The second kappa shape index (κ2) is 6.07. The van der Waals surface area contributed by atoms with E-state index in [0.29, 0.717) is 6.54 Å². The summed E-state index contributed by atoms with van der Waals surface area (Å²) in [5.41, 5.74) is 9.64. The number of carbonyl (C=O) groups is 1. The van der Waals surface area contributed by atoms with Crippen molar-refractivity contribution < 1.29 is 9.53 Å². The van der Waals surface area contributed by atoms with Crippen molar-refractivity contribution in [2.24, 2.45) is 0 Å². The molecule has 0 saturated heterocycles. The van der Waals surface area contributed by atoms with Crippen LogP contribution in [0.25, 0.3) is 5.69 Å². The van der Waals surface area contributed by atoms with Crippen LogP contribution in [0.1, 0.15) is 27.2 Å². The molecule has 3 rings (SSSR count). The van der Waals surface area contributed by atoms with E-state index in [1.165, 1.54) is 12.7 Å². The van der Waals surface area contributed by atoms with Gasteiger partial charge in [0.2, 0.25) is 0 Å². The number of hydrogen-bond donors (Lipinski definition) is 2. The molecule has 0 atom stereocenters. The van der Waals surface area contributed by atoms with Gasteiger partial charge in [-0.15, -0.1) is 0 Å². The normalized spacial score (nSPS) is 13.3. The third-order valence-electron chi connectivity index (χ3n) is 4.01. The molecule has 23 heavy (non-hydrogen) atoms. The maximum absolute atomic E-state index is 12.1. The van der Waals surface area contributed by atoms with E-state index >= 15 is 0 Å². The smallest absolute Gasteiger partial charge is 0.357 e. The fourth-order valence-corrected chi connectivity index (χ4v) is 3.45. The lowest BCUT2D eigenvalue weighted by molar-refractivity contribution is 0.0593. The first-order valence-electron chi connectivity index (χ1n) is 7.09. The molecule has 2 aromatic rings. The second-order valence-electron chi connectivity index (χ2n) is 5.23. The number of carbonyl (C=O) groups excluding carboxylic acids is 1. The third-order valence-corrected chi connectivity index (χ3v) is 4.75. The molecular formula is C16H15BrN4O2. The van der Waals surface area contributed by atoms with Gasteiger partial charge >= 0.3 is 5.97 Å². The number of nitrogens with two attached hydrogens (primary N) is 1. The van der Waals surface area contributed by atoms with E-state index in [0.717, 1.165) is 28.7 Å². The van der Waals surface area contributed by atoms with Gasteiger partial charge in [-0.25, -0.2) is 4.79 Å². The minimum Gasteiger partial charge on any atom is -0.464 e. The average Bonchev–Trinajstić information content (AvgIpc) is 2.91. The zero-order valence-electron chi connectivity index (χ0n) is 12.5. The summed E-state index contributed by atoms with van der Waals surface area (Å²) in [6, 6.07) is 5.87. The third kappa shape index (κ3) is 2.50. The summed E-state index contributed by atoms with van der Waals surface area (Å²) >= 11 is 3.58. The van der Waals surface area contributed by atoms with Gasteiger partial charge < -0.3 is 20.4 Å². The molecule has 3 N–H and O–H groups in total. The Morgan fingerprint density at radius 3 is 2.96 bits per heavy atom. The first-order valence-corrected chi connectivity index (χ1v) is 7.88. The van der Waals surface area contributed by atoms with E-state index in [2.05, 4.69) is 21.2 Å². The van der Waals surface area contributed by atoms with Crippen molar-refractivity contribution in [2.75, 3.05) is 19.4 Å². The molecule has 0 saturated carbocycles. The molecule has 7 heteroatoms. The lowest BCUT2D eigenvalue weighted by Gasteiger charge is -2.23. The van der Waals surface area contributed by atoms with Crippen molar-refractivity contribution in [3.63, 3.8) is 0 Å². The summed E-state index contributed by atoms with van der Waals surface area (Å²) in [7, 11) is 1.30. The summed E-state index contributed by atoms with van der Waals surface area (Å²) in [6.07, 6.45) is 2.47. The predicted octanol–water partition coefficient (Wildman–Crippen LogP) is 2.13. The molecule has 0 spiro atoms. The highest BCUT2D eigenvalue weighted by Crippen LogP contribution is 2.32. The number of hydrogen-bond acceptors (Lipinski definition) is 5. The van der Waals surface area contributed by atoms with E-state index in [9.17, 15) is 10.1 Å². The molecule has 0 bridgehead atoms. The lowest BCUT2D eigenvalue weighted by atomic mass is 9.99. The van der Waals surface area contributed by atoms with Crippen LogP contribution in [-0.2, 0) is 17.7 Å². The maximum atomic E-state index is 12.1. The topological polar surface area (TPSA) is 93.1 Å². The number of rotatable bonds is 2. The molecule has 0 radical (unpaired) electrons. The van der Waals surface area contributed by atoms with E-state index in [1.807, 2.05) is 18.2 Å². The molecule has 1 aromatic heterocycles. The minimum absolute atomic E-state index is 0.139. The number of aromatic nitrogens is 1.